The van der Waals surface area contributed by atoms with Crippen molar-refractivity contribution >= 4 is 27.3 Å². The summed E-state index contributed by atoms with van der Waals surface area (Å²) in [5.74, 6) is 0. The molecule has 0 aliphatic heterocycles. The number of likely N-dealkylation sites (N-methyl/N-ethyl adjacent to an activating group) is 1. The molecule has 0 saturated carbocycles. The highest BCUT2D eigenvalue weighted by Gasteiger charge is 2.09. The molecule has 1 heterocycles. The van der Waals surface area contributed by atoms with E-state index in [9.17, 15) is 13.2 Å². The third-order valence-corrected chi connectivity index (χ3v) is 3.64. The molecule has 0 aliphatic rings. The van der Waals surface area contributed by atoms with Crippen molar-refractivity contribution in [1.29, 1.82) is 0 Å². The molecule has 0 amide bonds. The van der Waals surface area contributed by atoms with Crippen molar-refractivity contribution in [3.05, 3.63) is 21.6 Å². The van der Waals surface area contributed by atoms with Crippen molar-refractivity contribution in [3.63, 3.8) is 0 Å². The van der Waals surface area contributed by atoms with Crippen molar-refractivity contribution in [1.82, 2.24) is 19.4 Å². The first-order valence-electron chi connectivity index (χ1n) is 6.29. The van der Waals surface area contributed by atoms with Gasteiger partial charge in [-0.1, -0.05) is 11.6 Å². The maximum Gasteiger partial charge on any atom is 0.287 e. The minimum absolute atomic E-state index is 0.0445. The first kappa shape index (κ1) is 17.9. The van der Waals surface area contributed by atoms with Gasteiger partial charge in [-0.05, 0) is 14.1 Å². The van der Waals surface area contributed by atoms with Crippen molar-refractivity contribution < 1.29 is 8.42 Å². The number of sulfonamides is 1. The van der Waals surface area contributed by atoms with Gasteiger partial charge in [-0.25, -0.2) is 17.8 Å². The Balaban J connectivity index is 2.65. The van der Waals surface area contributed by atoms with Gasteiger partial charge in [-0.3, -0.25) is 4.79 Å². The predicted molar refractivity (Wildman–Crippen MR) is 83.4 cm³/mol. The van der Waals surface area contributed by atoms with Crippen LogP contribution in [-0.2, 0) is 16.6 Å². The molecule has 2 N–H and O–H groups in total. The number of hydrogen-bond acceptors (Lipinski definition) is 6. The molecule has 0 saturated heterocycles. The van der Waals surface area contributed by atoms with Crippen molar-refractivity contribution in [3.8, 4) is 0 Å². The fraction of sp³-hybridized carbons (Fsp3) is 0.636. The Morgan fingerprint density at radius 2 is 2.05 bits per heavy atom. The Labute approximate surface area is 129 Å². The minimum atomic E-state index is -3.23. The van der Waals surface area contributed by atoms with Crippen LogP contribution in [-0.4, -0.2) is 63.1 Å². The molecule has 0 fully saturated rings. The molecule has 1 aromatic heterocycles. The van der Waals surface area contributed by atoms with Crippen molar-refractivity contribution in [2.45, 2.75) is 6.54 Å². The summed E-state index contributed by atoms with van der Waals surface area (Å²) >= 11 is 5.99. The molecule has 0 atom stereocenters. The van der Waals surface area contributed by atoms with E-state index in [2.05, 4.69) is 15.1 Å². The molecule has 0 radical (unpaired) electrons. The SMILES string of the molecule is CN(C)CCn1ncc(NCCNS(C)(=O)=O)c(Cl)c1=O. The van der Waals surface area contributed by atoms with Gasteiger partial charge in [0, 0.05) is 19.6 Å². The topological polar surface area (TPSA) is 96.3 Å². The molecule has 10 heteroatoms. The van der Waals surface area contributed by atoms with Crippen LogP contribution in [0.15, 0.2) is 11.0 Å². The highest BCUT2D eigenvalue weighted by Crippen LogP contribution is 2.14. The lowest BCUT2D eigenvalue weighted by atomic mass is 10.4. The van der Waals surface area contributed by atoms with Crippen LogP contribution in [0.1, 0.15) is 0 Å². The van der Waals surface area contributed by atoms with Crippen LogP contribution in [0.4, 0.5) is 5.69 Å². The molecule has 1 aromatic rings. The van der Waals surface area contributed by atoms with Crippen LogP contribution < -0.4 is 15.6 Å². The van der Waals surface area contributed by atoms with E-state index < -0.39 is 10.0 Å². The second-order valence-electron chi connectivity index (χ2n) is 4.80. The molecule has 0 aliphatic carbocycles. The summed E-state index contributed by atoms with van der Waals surface area (Å²) < 4.78 is 25.4. The molecule has 0 bridgehead atoms. The zero-order valence-electron chi connectivity index (χ0n) is 12.3. The predicted octanol–water partition coefficient (Wildman–Crippen LogP) is -0.581. The standard InChI is InChI=1S/C11H20ClN5O3S/c1-16(2)6-7-17-11(18)10(12)9(8-14-17)13-4-5-15-21(3,19)20/h8,13,15H,4-7H2,1-3H3. The smallest absolute Gasteiger partial charge is 0.287 e. The Bertz CT molecular complexity index is 629. The van der Waals surface area contributed by atoms with E-state index in [1.807, 2.05) is 19.0 Å². The Morgan fingerprint density at radius 1 is 1.38 bits per heavy atom. The summed E-state index contributed by atoms with van der Waals surface area (Å²) in [6.45, 7) is 1.62. The lowest BCUT2D eigenvalue weighted by Gasteiger charge is -2.12. The summed E-state index contributed by atoms with van der Waals surface area (Å²) in [7, 11) is 0.572. The fourth-order valence-corrected chi connectivity index (χ4v) is 2.16. The number of anilines is 1. The van der Waals surface area contributed by atoms with Crippen molar-refractivity contribution in [2.75, 3.05) is 45.3 Å². The molecule has 8 nitrogen and oxygen atoms in total. The molecule has 21 heavy (non-hydrogen) atoms. The monoisotopic (exact) mass is 337 g/mol. The zero-order valence-corrected chi connectivity index (χ0v) is 13.8. The van der Waals surface area contributed by atoms with Crippen LogP contribution in [0.3, 0.4) is 0 Å². The van der Waals surface area contributed by atoms with Crippen LogP contribution in [0.2, 0.25) is 5.02 Å². The highest BCUT2D eigenvalue weighted by molar-refractivity contribution is 7.88. The molecule has 1 rings (SSSR count). The van der Waals surface area contributed by atoms with Crippen LogP contribution in [0.25, 0.3) is 0 Å². The number of halogens is 1. The first-order chi connectivity index (χ1) is 9.70. The molecular formula is C11H20ClN5O3S. The van der Waals surface area contributed by atoms with Crippen molar-refractivity contribution in [2.24, 2.45) is 0 Å². The van der Waals surface area contributed by atoms with Crippen LogP contribution in [0, 0.1) is 0 Å². The fourth-order valence-electron chi connectivity index (χ4n) is 1.48. The van der Waals surface area contributed by atoms with Gasteiger partial charge in [-0.2, -0.15) is 5.10 Å². The van der Waals surface area contributed by atoms with Gasteiger partial charge < -0.3 is 10.2 Å². The van der Waals surface area contributed by atoms with Gasteiger partial charge in [-0.15, -0.1) is 0 Å². The van der Waals surface area contributed by atoms with Gasteiger partial charge in [0.15, 0.2) is 0 Å². The summed E-state index contributed by atoms with van der Waals surface area (Å²) in [5, 5.41) is 6.95. The van der Waals surface area contributed by atoms with E-state index in [-0.39, 0.29) is 17.1 Å². The molecule has 0 unspecified atom stereocenters. The van der Waals surface area contributed by atoms with E-state index in [0.29, 0.717) is 25.3 Å². The average Bonchev–Trinajstić information content (AvgIpc) is 2.37. The van der Waals surface area contributed by atoms with Gasteiger partial charge in [0.05, 0.1) is 24.7 Å². The number of aromatic nitrogens is 2. The summed E-state index contributed by atoms with van der Waals surface area (Å²) in [6, 6.07) is 0. The highest BCUT2D eigenvalue weighted by atomic mass is 35.5. The Hall–Kier alpha value is -1.16. The Morgan fingerprint density at radius 3 is 2.62 bits per heavy atom. The lowest BCUT2D eigenvalue weighted by molar-refractivity contribution is 0.367. The van der Waals surface area contributed by atoms with E-state index in [1.54, 1.807) is 0 Å². The van der Waals surface area contributed by atoms with Gasteiger partial charge in [0.25, 0.3) is 5.56 Å². The van der Waals surface area contributed by atoms with Crippen LogP contribution in [0.5, 0.6) is 0 Å². The maximum atomic E-state index is 12.0. The second kappa shape index (κ2) is 7.74. The Kier molecular flexibility index (Phi) is 6.59. The summed E-state index contributed by atoms with van der Waals surface area (Å²) in [4.78, 5) is 13.9. The molecule has 120 valence electrons. The summed E-state index contributed by atoms with van der Waals surface area (Å²) in [5.41, 5.74) is 0.0117. The maximum absolute atomic E-state index is 12.0. The average molecular weight is 338 g/mol. The van der Waals surface area contributed by atoms with E-state index in [0.717, 1.165) is 6.26 Å². The van der Waals surface area contributed by atoms with E-state index in [4.69, 9.17) is 11.6 Å². The number of nitrogens with one attached hydrogen (secondary N) is 2. The third kappa shape index (κ3) is 6.42. The number of hydrogen-bond donors (Lipinski definition) is 2. The van der Waals surface area contributed by atoms with Gasteiger partial charge in [0.1, 0.15) is 5.02 Å². The number of rotatable bonds is 8. The number of nitrogens with zero attached hydrogens (tertiary/aromatic N) is 3. The minimum Gasteiger partial charge on any atom is -0.381 e. The van der Waals surface area contributed by atoms with Gasteiger partial charge >= 0.3 is 0 Å². The quantitative estimate of drug-likeness (QED) is 0.616. The first-order valence-corrected chi connectivity index (χ1v) is 8.56. The molecular weight excluding hydrogens is 318 g/mol. The largest absolute Gasteiger partial charge is 0.381 e. The summed E-state index contributed by atoms with van der Waals surface area (Å²) in [6.07, 6.45) is 2.54. The van der Waals surface area contributed by atoms with E-state index >= 15 is 0 Å². The van der Waals surface area contributed by atoms with E-state index in [1.165, 1.54) is 10.9 Å². The molecule has 0 aromatic carbocycles. The lowest BCUT2D eigenvalue weighted by Crippen LogP contribution is -2.30. The molecule has 0 spiro atoms. The normalized spacial score (nSPS) is 11.9. The second-order valence-corrected chi connectivity index (χ2v) is 7.01. The third-order valence-electron chi connectivity index (χ3n) is 2.55. The zero-order chi connectivity index (χ0) is 16.0. The van der Waals surface area contributed by atoms with Gasteiger partial charge in [0.2, 0.25) is 10.0 Å². The van der Waals surface area contributed by atoms with Crippen LogP contribution >= 0.6 is 11.6 Å².